The van der Waals surface area contributed by atoms with Gasteiger partial charge in [-0.1, -0.05) is 30.3 Å². The highest BCUT2D eigenvalue weighted by Gasteiger charge is 2.27. The van der Waals surface area contributed by atoms with Gasteiger partial charge in [-0.25, -0.2) is 9.67 Å². The molecule has 0 radical (unpaired) electrons. The molecule has 5 aromatic rings. The Kier molecular flexibility index (Phi) is 6.02. The van der Waals surface area contributed by atoms with Gasteiger partial charge in [0.05, 0.1) is 35.4 Å². The number of rotatable bonds is 6. The quantitative estimate of drug-likeness (QED) is 0.375. The molecule has 2 amide bonds. The van der Waals surface area contributed by atoms with Gasteiger partial charge in [-0.3, -0.25) is 9.59 Å². The van der Waals surface area contributed by atoms with E-state index in [1.807, 2.05) is 48.5 Å². The third-order valence-corrected chi connectivity index (χ3v) is 6.66. The van der Waals surface area contributed by atoms with Crippen molar-refractivity contribution in [2.45, 2.75) is 25.4 Å². The van der Waals surface area contributed by atoms with Gasteiger partial charge in [-0.15, -0.1) is 0 Å². The molecule has 0 unspecified atom stereocenters. The van der Waals surface area contributed by atoms with Crippen LogP contribution in [0.1, 0.15) is 39.5 Å². The zero-order valence-corrected chi connectivity index (χ0v) is 20.0. The Balaban J connectivity index is 1.25. The van der Waals surface area contributed by atoms with E-state index < -0.39 is 0 Å². The average molecular weight is 496 g/mol. The van der Waals surface area contributed by atoms with Crippen LogP contribution in [0.4, 0.5) is 0 Å². The van der Waals surface area contributed by atoms with E-state index in [1.54, 1.807) is 34.2 Å². The zero-order valence-electron chi connectivity index (χ0n) is 20.0. The highest BCUT2D eigenvalue weighted by Crippen LogP contribution is 2.26. The molecule has 9 nitrogen and oxygen atoms in total. The molecular weight excluding hydrogens is 470 g/mol. The number of benzene rings is 1. The molecular formula is C28H25N5O4. The molecule has 1 N–H and O–H groups in total. The first-order chi connectivity index (χ1) is 18.2. The first-order valence-corrected chi connectivity index (χ1v) is 12.2. The highest BCUT2D eigenvalue weighted by molar-refractivity contribution is 6.06. The number of piperidine rings is 1. The number of amides is 2. The van der Waals surface area contributed by atoms with Crippen LogP contribution in [0.25, 0.3) is 22.3 Å². The summed E-state index contributed by atoms with van der Waals surface area (Å²) in [6, 6.07) is 18.6. The van der Waals surface area contributed by atoms with Crippen LogP contribution in [0.2, 0.25) is 0 Å². The molecule has 0 aliphatic carbocycles. The van der Waals surface area contributed by atoms with E-state index in [0.29, 0.717) is 60.5 Å². The number of aromatic nitrogens is 3. The topological polar surface area (TPSA) is 106 Å². The van der Waals surface area contributed by atoms with E-state index in [1.165, 1.54) is 6.26 Å². The van der Waals surface area contributed by atoms with Crippen molar-refractivity contribution < 1.29 is 18.4 Å². The molecule has 0 bridgehead atoms. The minimum absolute atomic E-state index is 0.0466. The predicted octanol–water partition coefficient (Wildman–Crippen LogP) is 4.37. The summed E-state index contributed by atoms with van der Waals surface area (Å²) < 4.78 is 12.5. The van der Waals surface area contributed by atoms with Gasteiger partial charge in [0, 0.05) is 24.7 Å². The summed E-state index contributed by atoms with van der Waals surface area (Å²) >= 11 is 0. The van der Waals surface area contributed by atoms with Crippen LogP contribution in [0.15, 0.2) is 88.2 Å². The summed E-state index contributed by atoms with van der Waals surface area (Å²) in [7, 11) is 0. The second-order valence-corrected chi connectivity index (χ2v) is 9.06. The zero-order chi connectivity index (χ0) is 25.2. The molecule has 37 heavy (non-hydrogen) atoms. The Morgan fingerprint density at radius 2 is 1.76 bits per heavy atom. The number of carbonyl (C=O) groups is 2. The van der Waals surface area contributed by atoms with Crippen molar-refractivity contribution in [1.82, 2.24) is 25.0 Å². The first kappa shape index (κ1) is 22.8. The maximum atomic E-state index is 13.5. The van der Waals surface area contributed by atoms with Crippen molar-refractivity contribution in [3.05, 3.63) is 96.5 Å². The average Bonchev–Trinajstić information content (AvgIpc) is 3.72. The Hall–Kier alpha value is -4.66. The van der Waals surface area contributed by atoms with Gasteiger partial charge in [0.2, 0.25) is 0 Å². The molecule has 0 spiro atoms. The number of carbonyl (C=O) groups excluding carboxylic acids is 2. The molecule has 1 aromatic carbocycles. The number of hydrogen-bond donors (Lipinski definition) is 1. The van der Waals surface area contributed by atoms with E-state index in [9.17, 15) is 9.59 Å². The van der Waals surface area contributed by atoms with Gasteiger partial charge in [0.25, 0.3) is 11.8 Å². The van der Waals surface area contributed by atoms with Crippen molar-refractivity contribution in [2.24, 2.45) is 0 Å². The summed E-state index contributed by atoms with van der Waals surface area (Å²) in [6.45, 7) is 1.50. The van der Waals surface area contributed by atoms with Crippen molar-refractivity contribution in [2.75, 3.05) is 13.1 Å². The van der Waals surface area contributed by atoms with E-state index in [-0.39, 0.29) is 17.9 Å². The van der Waals surface area contributed by atoms with Gasteiger partial charge in [0.15, 0.2) is 11.4 Å². The Labute approximate surface area is 212 Å². The molecule has 5 heterocycles. The number of nitrogens with one attached hydrogen (secondary N) is 1. The molecule has 1 aliphatic heterocycles. The highest BCUT2D eigenvalue weighted by atomic mass is 16.3. The lowest BCUT2D eigenvalue weighted by molar-refractivity contribution is 0.0667. The minimum Gasteiger partial charge on any atom is -0.467 e. The third-order valence-electron chi connectivity index (χ3n) is 6.66. The molecule has 186 valence electrons. The molecule has 1 aliphatic rings. The van der Waals surface area contributed by atoms with Crippen molar-refractivity contribution >= 4 is 22.8 Å². The van der Waals surface area contributed by atoms with Gasteiger partial charge in [0.1, 0.15) is 12.3 Å². The summed E-state index contributed by atoms with van der Waals surface area (Å²) in [5.41, 5.74) is 2.73. The number of nitrogens with zero attached hydrogens (tertiary/aromatic N) is 4. The standard InChI is InChI=1S/C28H25N5O4/c34-27(30-20-10-12-32(13-11-20)28(35)25-9-5-15-37-25)22-16-24(19-6-2-1-3-7-19)31-26-23(22)17-29-33(26)18-21-8-4-14-36-21/h1-9,14-17,20H,10-13,18H2,(H,30,34). The third kappa shape index (κ3) is 4.63. The lowest BCUT2D eigenvalue weighted by atomic mass is 10.0. The smallest absolute Gasteiger partial charge is 0.289 e. The number of likely N-dealkylation sites (tertiary alicyclic amines) is 1. The van der Waals surface area contributed by atoms with E-state index in [2.05, 4.69) is 10.4 Å². The summed E-state index contributed by atoms with van der Waals surface area (Å²) in [4.78, 5) is 32.7. The van der Waals surface area contributed by atoms with Crippen LogP contribution in [-0.2, 0) is 6.54 Å². The summed E-state index contributed by atoms with van der Waals surface area (Å²) in [6.07, 6.45) is 6.12. The van der Waals surface area contributed by atoms with E-state index in [0.717, 1.165) is 11.3 Å². The Morgan fingerprint density at radius 3 is 2.49 bits per heavy atom. The molecule has 1 fully saturated rings. The van der Waals surface area contributed by atoms with Crippen molar-refractivity contribution in [1.29, 1.82) is 0 Å². The number of fused-ring (bicyclic) bond motifs is 1. The fourth-order valence-corrected chi connectivity index (χ4v) is 4.70. The number of pyridine rings is 1. The Bertz CT molecular complexity index is 1520. The maximum Gasteiger partial charge on any atom is 0.289 e. The monoisotopic (exact) mass is 495 g/mol. The maximum absolute atomic E-state index is 13.5. The number of furan rings is 2. The van der Waals surface area contributed by atoms with Gasteiger partial charge in [-0.05, 0) is 43.2 Å². The molecule has 0 atom stereocenters. The summed E-state index contributed by atoms with van der Waals surface area (Å²) in [5.74, 6) is 0.778. The normalized spacial score (nSPS) is 14.2. The second kappa shape index (κ2) is 9.77. The van der Waals surface area contributed by atoms with Crippen LogP contribution in [-0.4, -0.2) is 50.6 Å². The predicted molar refractivity (Wildman–Crippen MR) is 136 cm³/mol. The lowest BCUT2D eigenvalue weighted by Gasteiger charge is -2.32. The minimum atomic E-state index is -0.182. The van der Waals surface area contributed by atoms with Gasteiger partial charge in [-0.2, -0.15) is 5.10 Å². The van der Waals surface area contributed by atoms with E-state index in [4.69, 9.17) is 13.8 Å². The molecule has 0 saturated carbocycles. The molecule has 1 saturated heterocycles. The van der Waals surface area contributed by atoms with Crippen molar-refractivity contribution in [3.63, 3.8) is 0 Å². The fourth-order valence-electron chi connectivity index (χ4n) is 4.70. The van der Waals surface area contributed by atoms with Crippen LogP contribution in [0.3, 0.4) is 0 Å². The largest absolute Gasteiger partial charge is 0.467 e. The Morgan fingerprint density at radius 1 is 0.973 bits per heavy atom. The molecule has 9 heteroatoms. The number of hydrogen-bond acceptors (Lipinski definition) is 6. The van der Waals surface area contributed by atoms with Crippen LogP contribution < -0.4 is 5.32 Å². The lowest BCUT2D eigenvalue weighted by Crippen LogP contribution is -2.46. The van der Waals surface area contributed by atoms with E-state index >= 15 is 0 Å². The first-order valence-electron chi connectivity index (χ1n) is 12.2. The molecule has 4 aromatic heterocycles. The van der Waals surface area contributed by atoms with Gasteiger partial charge >= 0.3 is 0 Å². The summed E-state index contributed by atoms with van der Waals surface area (Å²) in [5, 5.41) is 8.36. The van der Waals surface area contributed by atoms with Crippen LogP contribution in [0.5, 0.6) is 0 Å². The second-order valence-electron chi connectivity index (χ2n) is 9.06. The van der Waals surface area contributed by atoms with Gasteiger partial charge < -0.3 is 19.1 Å². The fraction of sp³-hybridized carbons (Fsp3) is 0.214. The molecule has 6 rings (SSSR count). The van der Waals surface area contributed by atoms with Crippen LogP contribution in [0, 0.1) is 0 Å². The van der Waals surface area contributed by atoms with Crippen LogP contribution >= 0.6 is 0 Å². The SMILES string of the molecule is O=C(NC1CCN(C(=O)c2ccco2)CC1)c1cc(-c2ccccc2)nc2c1cnn2Cc1ccco1. The van der Waals surface area contributed by atoms with Crippen molar-refractivity contribution in [3.8, 4) is 11.3 Å².